The van der Waals surface area contributed by atoms with Gasteiger partial charge < -0.3 is 0 Å². The molecular weight excluding hydrogens is 404 g/mol. The Kier molecular flexibility index (Phi) is 5.84. The molecule has 0 saturated heterocycles. The molecule has 0 unspecified atom stereocenters. The third-order valence-electron chi connectivity index (χ3n) is 4.89. The minimum absolute atomic E-state index is 0.823. The Morgan fingerprint density at radius 3 is 1.21 bits per heavy atom. The van der Waals surface area contributed by atoms with Crippen LogP contribution in [0, 0.1) is 0 Å². The summed E-state index contributed by atoms with van der Waals surface area (Å²) >= 11 is 3.57. The average molecular weight is 425 g/mol. The van der Waals surface area contributed by atoms with Gasteiger partial charge in [-0.2, -0.15) is 0 Å². The molecule has 0 fully saturated rings. The Balaban J connectivity index is 1.63. The third-order valence-corrected chi connectivity index (χ3v) is 5.21. The molecule has 0 spiro atoms. The summed E-state index contributed by atoms with van der Waals surface area (Å²) in [6.07, 6.45) is 2.23. The SMILES string of the molecule is BrCC=C(c1ccc(-c2ccccc2)cc1)c1ccc(-c2ccccc2)cc1. The van der Waals surface area contributed by atoms with Gasteiger partial charge in [-0.25, -0.2) is 0 Å². The van der Waals surface area contributed by atoms with Gasteiger partial charge in [-0.15, -0.1) is 0 Å². The van der Waals surface area contributed by atoms with Gasteiger partial charge in [0.2, 0.25) is 0 Å². The maximum Gasteiger partial charge on any atom is 0.0221 e. The van der Waals surface area contributed by atoms with E-state index < -0.39 is 0 Å². The van der Waals surface area contributed by atoms with Crippen LogP contribution in [-0.4, -0.2) is 5.33 Å². The highest BCUT2D eigenvalue weighted by Gasteiger charge is 2.07. The van der Waals surface area contributed by atoms with E-state index in [1.54, 1.807) is 0 Å². The smallest absolute Gasteiger partial charge is 0.0221 e. The van der Waals surface area contributed by atoms with Crippen molar-refractivity contribution in [2.24, 2.45) is 0 Å². The maximum atomic E-state index is 3.57. The second-order valence-electron chi connectivity index (χ2n) is 6.66. The lowest BCUT2D eigenvalue weighted by Crippen LogP contribution is -1.90. The fourth-order valence-corrected chi connectivity index (χ4v) is 3.75. The highest BCUT2D eigenvalue weighted by molar-refractivity contribution is 9.09. The number of allylic oxidation sites excluding steroid dienone is 1. The molecule has 136 valence electrons. The number of halogens is 1. The third kappa shape index (κ3) is 4.16. The van der Waals surface area contributed by atoms with Crippen LogP contribution in [0.15, 0.2) is 115 Å². The summed E-state index contributed by atoms with van der Waals surface area (Å²) in [4.78, 5) is 0. The summed E-state index contributed by atoms with van der Waals surface area (Å²) < 4.78 is 0. The molecule has 28 heavy (non-hydrogen) atoms. The highest BCUT2D eigenvalue weighted by Crippen LogP contribution is 2.29. The van der Waals surface area contributed by atoms with Crippen LogP contribution in [0.2, 0.25) is 0 Å². The molecule has 0 aliphatic rings. The van der Waals surface area contributed by atoms with Crippen molar-refractivity contribution in [3.63, 3.8) is 0 Å². The average Bonchev–Trinajstić information content (AvgIpc) is 2.79. The summed E-state index contributed by atoms with van der Waals surface area (Å²) in [5.74, 6) is 0. The molecule has 0 bridgehead atoms. The van der Waals surface area contributed by atoms with Gasteiger partial charge in [0.15, 0.2) is 0 Å². The van der Waals surface area contributed by atoms with E-state index in [2.05, 4.69) is 119 Å². The minimum Gasteiger partial charge on any atom is -0.0883 e. The summed E-state index contributed by atoms with van der Waals surface area (Å²) in [6.45, 7) is 0. The van der Waals surface area contributed by atoms with Crippen LogP contribution in [0.5, 0.6) is 0 Å². The fraction of sp³-hybridized carbons (Fsp3) is 0.0370. The highest BCUT2D eigenvalue weighted by atomic mass is 79.9. The van der Waals surface area contributed by atoms with Crippen LogP contribution in [0.4, 0.5) is 0 Å². The zero-order valence-corrected chi connectivity index (χ0v) is 17.1. The van der Waals surface area contributed by atoms with Crippen LogP contribution in [0.3, 0.4) is 0 Å². The van der Waals surface area contributed by atoms with Gasteiger partial charge in [0, 0.05) is 5.33 Å². The molecule has 0 radical (unpaired) electrons. The number of benzene rings is 4. The summed E-state index contributed by atoms with van der Waals surface area (Å²) in [5.41, 5.74) is 8.66. The molecule has 4 aromatic carbocycles. The molecular formula is C27H21Br. The van der Waals surface area contributed by atoms with Crippen molar-refractivity contribution in [3.8, 4) is 22.3 Å². The number of alkyl halides is 1. The van der Waals surface area contributed by atoms with E-state index in [4.69, 9.17) is 0 Å². The van der Waals surface area contributed by atoms with E-state index in [1.807, 2.05) is 12.1 Å². The Labute approximate surface area is 175 Å². The van der Waals surface area contributed by atoms with Crippen LogP contribution in [0.25, 0.3) is 27.8 Å². The van der Waals surface area contributed by atoms with E-state index in [1.165, 1.54) is 39.0 Å². The lowest BCUT2D eigenvalue weighted by molar-refractivity contribution is 1.52. The lowest BCUT2D eigenvalue weighted by atomic mass is 9.94. The van der Waals surface area contributed by atoms with Gasteiger partial charge in [0.25, 0.3) is 0 Å². The molecule has 0 aliphatic carbocycles. The predicted molar refractivity (Wildman–Crippen MR) is 125 cm³/mol. The molecule has 0 aliphatic heterocycles. The maximum absolute atomic E-state index is 3.57. The van der Waals surface area contributed by atoms with Gasteiger partial charge in [-0.05, 0) is 39.0 Å². The Hall–Kier alpha value is -2.90. The van der Waals surface area contributed by atoms with Crippen LogP contribution >= 0.6 is 15.9 Å². The van der Waals surface area contributed by atoms with E-state index in [-0.39, 0.29) is 0 Å². The van der Waals surface area contributed by atoms with E-state index >= 15 is 0 Å². The van der Waals surface area contributed by atoms with Gasteiger partial charge in [0.1, 0.15) is 0 Å². The Morgan fingerprint density at radius 2 is 0.857 bits per heavy atom. The number of hydrogen-bond donors (Lipinski definition) is 0. The fourth-order valence-electron chi connectivity index (χ4n) is 3.43. The Bertz CT molecular complexity index is 960. The molecule has 4 rings (SSSR count). The molecule has 0 atom stereocenters. The first-order valence-corrected chi connectivity index (χ1v) is 10.5. The molecule has 4 aromatic rings. The Morgan fingerprint density at radius 1 is 0.500 bits per heavy atom. The van der Waals surface area contributed by atoms with Crippen molar-refractivity contribution in [1.82, 2.24) is 0 Å². The standard InChI is InChI=1S/C27H21Br/c28-20-19-27(25-15-11-23(12-16-25)21-7-3-1-4-8-21)26-17-13-24(14-18-26)22-9-5-2-6-10-22/h1-19H,20H2. The molecule has 0 N–H and O–H groups in total. The first-order chi connectivity index (χ1) is 13.8. The van der Waals surface area contributed by atoms with Crippen molar-refractivity contribution < 1.29 is 0 Å². The summed E-state index contributed by atoms with van der Waals surface area (Å²) in [5, 5.41) is 0.823. The molecule has 0 nitrogen and oxygen atoms in total. The van der Waals surface area contributed by atoms with Gasteiger partial charge in [-0.1, -0.05) is 131 Å². The van der Waals surface area contributed by atoms with E-state index in [0.717, 1.165) is 5.33 Å². The second kappa shape index (κ2) is 8.86. The predicted octanol–water partition coefficient (Wildman–Crippen LogP) is 7.85. The van der Waals surface area contributed by atoms with Crippen LogP contribution in [-0.2, 0) is 0 Å². The minimum atomic E-state index is 0.823. The first kappa shape index (κ1) is 18.5. The van der Waals surface area contributed by atoms with Gasteiger partial charge in [-0.3, -0.25) is 0 Å². The van der Waals surface area contributed by atoms with E-state index in [0.29, 0.717) is 0 Å². The van der Waals surface area contributed by atoms with Crippen molar-refractivity contribution in [1.29, 1.82) is 0 Å². The number of hydrogen-bond acceptors (Lipinski definition) is 0. The zero-order chi connectivity index (χ0) is 19.2. The van der Waals surface area contributed by atoms with Crippen LogP contribution < -0.4 is 0 Å². The normalized spacial score (nSPS) is 10.5. The van der Waals surface area contributed by atoms with Crippen molar-refractivity contribution >= 4 is 21.5 Å². The van der Waals surface area contributed by atoms with Gasteiger partial charge in [0.05, 0.1) is 0 Å². The summed E-state index contributed by atoms with van der Waals surface area (Å²) in [7, 11) is 0. The van der Waals surface area contributed by atoms with Crippen molar-refractivity contribution in [3.05, 3.63) is 126 Å². The quantitative estimate of drug-likeness (QED) is 0.286. The first-order valence-electron chi connectivity index (χ1n) is 9.43. The molecule has 0 saturated carbocycles. The second-order valence-corrected chi connectivity index (χ2v) is 7.31. The molecule has 0 aromatic heterocycles. The van der Waals surface area contributed by atoms with Gasteiger partial charge >= 0.3 is 0 Å². The number of rotatable bonds is 5. The van der Waals surface area contributed by atoms with E-state index in [9.17, 15) is 0 Å². The topological polar surface area (TPSA) is 0 Å². The lowest BCUT2D eigenvalue weighted by Gasteiger charge is -2.11. The largest absolute Gasteiger partial charge is 0.0883 e. The van der Waals surface area contributed by atoms with Crippen LogP contribution in [0.1, 0.15) is 11.1 Å². The monoisotopic (exact) mass is 424 g/mol. The van der Waals surface area contributed by atoms with Crippen molar-refractivity contribution in [2.75, 3.05) is 5.33 Å². The molecule has 0 amide bonds. The zero-order valence-electron chi connectivity index (χ0n) is 15.6. The molecule has 1 heteroatoms. The van der Waals surface area contributed by atoms with Crippen molar-refractivity contribution in [2.45, 2.75) is 0 Å². The molecule has 0 heterocycles. The summed E-state index contributed by atoms with van der Waals surface area (Å²) in [6, 6.07) is 38.6.